The first-order chi connectivity index (χ1) is 11.7. The van der Waals surface area contributed by atoms with E-state index >= 15 is 0 Å². The lowest BCUT2D eigenvalue weighted by molar-refractivity contribution is 0.0951. The summed E-state index contributed by atoms with van der Waals surface area (Å²) in [6.45, 7) is 0.428. The monoisotopic (exact) mass is 359 g/mol. The van der Waals surface area contributed by atoms with Gasteiger partial charge in [0.2, 0.25) is 0 Å². The SMILES string of the molecule is COc1cccc(C(=O)NCc2ccc(C(O)c3cccs3)s2)c1. The molecule has 0 bridgehead atoms. The third-order valence-corrected chi connectivity index (χ3v) is 5.58. The number of thiophene rings is 2. The van der Waals surface area contributed by atoms with Crippen molar-refractivity contribution in [1.82, 2.24) is 5.32 Å². The Morgan fingerprint density at radius 1 is 1.21 bits per heavy atom. The van der Waals surface area contributed by atoms with Gasteiger partial charge in [0.1, 0.15) is 11.9 Å². The second kappa shape index (κ2) is 7.61. The van der Waals surface area contributed by atoms with Gasteiger partial charge in [0.25, 0.3) is 5.91 Å². The summed E-state index contributed by atoms with van der Waals surface area (Å²) in [6, 6.07) is 14.7. The molecule has 4 nitrogen and oxygen atoms in total. The number of ether oxygens (including phenoxy) is 1. The predicted molar refractivity (Wildman–Crippen MR) is 96.9 cm³/mol. The zero-order valence-electron chi connectivity index (χ0n) is 13.1. The molecule has 0 aliphatic carbocycles. The van der Waals surface area contributed by atoms with Gasteiger partial charge < -0.3 is 15.2 Å². The first kappa shape index (κ1) is 16.7. The van der Waals surface area contributed by atoms with Gasteiger partial charge in [-0.1, -0.05) is 12.1 Å². The Morgan fingerprint density at radius 2 is 2.08 bits per heavy atom. The number of rotatable bonds is 6. The molecule has 3 aromatic rings. The number of nitrogens with one attached hydrogen (secondary N) is 1. The van der Waals surface area contributed by atoms with E-state index in [1.54, 1.807) is 31.4 Å². The molecular weight excluding hydrogens is 342 g/mol. The van der Waals surface area contributed by atoms with Crippen molar-refractivity contribution >= 4 is 28.6 Å². The van der Waals surface area contributed by atoms with Crippen molar-refractivity contribution in [2.24, 2.45) is 0 Å². The molecule has 0 fully saturated rings. The van der Waals surface area contributed by atoms with E-state index in [1.807, 2.05) is 29.6 Å². The quantitative estimate of drug-likeness (QED) is 0.703. The first-order valence-electron chi connectivity index (χ1n) is 7.39. The largest absolute Gasteiger partial charge is 0.497 e. The fourth-order valence-electron chi connectivity index (χ4n) is 2.26. The fraction of sp³-hybridized carbons (Fsp3) is 0.167. The number of benzene rings is 1. The fourth-order valence-corrected chi connectivity index (χ4v) is 4.02. The minimum Gasteiger partial charge on any atom is -0.497 e. The number of carbonyl (C=O) groups is 1. The summed E-state index contributed by atoms with van der Waals surface area (Å²) in [5.41, 5.74) is 0.560. The average Bonchev–Trinajstić information content (AvgIpc) is 3.31. The highest BCUT2D eigenvalue weighted by molar-refractivity contribution is 7.12. The highest BCUT2D eigenvalue weighted by atomic mass is 32.1. The molecule has 2 aromatic heterocycles. The maximum absolute atomic E-state index is 12.2. The summed E-state index contributed by atoms with van der Waals surface area (Å²) in [5, 5.41) is 15.2. The molecule has 2 heterocycles. The maximum atomic E-state index is 12.2. The topological polar surface area (TPSA) is 58.6 Å². The number of hydrogen-bond donors (Lipinski definition) is 2. The smallest absolute Gasteiger partial charge is 0.251 e. The van der Waals surface area contributed by atoms with Crippen LogP contribution in [0.1, 0.15) is 31.1 Å². The maximum Gasteiger partial charge on any atom is 0.251 e. The van der Waals surface area contributed by atoms with Crippen molar-refractivity contribution in [1.29, 1.82) is 0 Å². The zero-order valence-corrected chi connectivity index (χ0v) is 14.7. The highest BCUT2D eigenvalue weighted by Crippen LogP contribution is 2.30. The van der Waals surface area contributed by atoms with Crippen molar-refractivity contribution in [3.63, 3.8) is 0 Å². The lowest BCUT2D eigenvalue weighted by atomic mass is 10.2. The van der Waals surface area contributed by atoms with E-state index in [9.17, 15) is 9.90 Å². The summed E-state index contributed by atoms with van der Waals surface area (Å²) in [5.74, 6) is 0.503. The van der Waals surface area contributed by atoms with E-state index in [-0.39, 0.29) is 5.91 Å². The summed E-state index contributed by atoms with van der Waals surface area (Å²) in [4.78, 5) is 15.0. The molecule has 6 heteroatoms. The van der Waals surface area contributed by atoms with Crippen LogP contribution in [0.3, 0.4) is 0 Å². The van der Waals surface area contributed by atoms with E-state index < -0.39 is 6.10 Å². The van der Waals surface area contributed by atoms with Gasteiger partial charge in [-0.05, 0) is 41.8 Å². The van der Waals surface area contributed by atoms with E-state index in [4.69, 9.17) is 4.74 Å². The van der Waals surface area contributed by atoms with Gasteiger partial charge in [0, 0.05) is 20.2 Å². The van der Waals surface area contributed by atoms with Crippen molar-refractivity contribution in [2.45, 2.75) is 12.6 Å². The molecule has 0 saturated carbocycles. The van der Waals surface area contributed by atoms with Gasteiger partial charge in [-0.25, -0.2) is 0 Å². The molecule has 2 N–H and O–H groups in total. The van der Waals surface area contributed by atoms with Gasteiger partial charge in [0.15, 0.2) is 0 Å². The molecule has 1 amide bonds. The summed E-state index contributed by atoms with van der Waals surface area (Å²) >= 11 is 3.03. The molecule has 24 heavy (non-hydrogen) atoms. The van der Waals surface area contributed by atoms with E-state index in [0.717, 1.165) is 14.6 Å². The number of amides is 1. The van der Waals surface area contributed by atoms with Crippen LogP contribution < -0.4 is 10.1 Å². The molecule has 1 atom stereocenters. The summed E-state index contributed by atoms with van der Waals surface area (Å²) in [7, 11) is 1.57. The predicted octanol–water partition coefficient (Wildman–Crippen LogP) is 3.83. The van der Waals surface area contributed by atoms with Crippen LogP contribution in [0.2, 0.25) is 0 Å². The second-order valence-electron chi connectivity index (χ2n) is 5.14. The highest BCUT2D eigenvalue weighted by Gasteiger charge is 2.14. The first-order valence-corrected chi connectivity index (χ1v) is 9.09. The lowest BCUT2D eigenvalue weighted by Gasteiger charge is -2.06. The van der Waals surface area contributed by atoms with Crippen LogP contribution in [-0.4, -0.2) is 18.1 Å². The van der Waals surface area contributed by atoms with Crippen molar-refractivity contribution in [2.75, 3.05) is 7.11 Å². The van der Waals surface area contributed by atoms with Crippen LogP contribution in [0, 0.1) is 0 Å². The lowest BCUT2D eigenvalue weighted by Crippen LogP contribution is -2.22. The van der Waals surface area contributed by atoms with Gasteiger partial charge in [-0.2, -0.15) is 0 Å². The van der Waals surface area contributed by atoms with Gasteiger partial charge in [0.05, 0.1) is 13.7 Å². The molecule has 0 spiro atoms. The van der Waals surface area contributed by atoms with Crippen molar-refractivity contribution in [3.05, 3.63) is 74.1 Å². The van der Waals surface area contributed by atoms with Crippen LogP contribution in [0.4, 0.5) is 0 Å². The Bertz CT molecular complexity index is 811. The van der Waals surface area contributed by atoms with E-state index in [0.29, 0.717) is 17.9 Å². The van der Waals surface area contributed by atoms with Crippen LogP contribution in [-0.2, 0) is 6.54 Å². The Kier molecular flexibility index (Phi) is 5.30. The normalized spacial score (nSPS) is 11.9. The molecule has 0 radical (unpaired) electrons. The van der Waals surface area contributed by atoms with Gasteiger partial charge in [-0.15, -0.1) is 22.7 Å². The molecule has 0 saturated heterocycles. The Morgan fingerprint density at radius 3 is 2.83 bits per heavy atom. The minimum absolute atomic E-state index is 0.150. The number of aliphatic hydroxyl groups is 1. The summed E-state index contributed by atoms with van der Waals surface area (Å²) in [6.07, 6.45) is -0.599. The second-order valence-corrected chi connectivity index (χ2v) is 7.32. The van der Waals surface area contributed by atoms with Crippen molar-refractivity contribution in [3.8, 4) is 5.75 Å². The van der Waals surface area contributed by atoms with Crippen molar-refractivity contribution < 1.29 is 14.6 Å². The third kappa shape index (κ3) is 3.84. The standard InChI is InChI=1S/C18H17NO3S2/c1-22-13-5-2-4-12(10-13)18(21)19-11-14-7-8-16(24-14)17(20)15-6-3-9-23-15/h2-10,17,20H,11H2,1H3,(H,19,21). The molecule has 0 aliphatic rings. The molecule has 124 valence electrons. The van der Waals surface area contributed by atoms with Crippen LogP contribution in [0.15, 0.2) is 53.9 Å². The minimum atomic E-state index is -0.599. The van der Waals surface area contributed by atoms with Gasteiger partial charge >= 0.3 is 0 Å². The molecule has 1 unspecified atom stereocenters. The van der Waals surface area contributed by atoms with E-state index in [1.165, 1.54) is 22.7 Å². The average molecular weight is 359 g/mol. The molecule has 1 aromatic carbocycles. The Balaban J connectivity index is 1.62. The zero-order chi connectivity index (χ0) is 16.9. The van der Waals surface area contributed by atoms with Crippen LogP contribution >= 0.6 is 22.7 Å². The number of methoxy groups -OCH3 is 1. The van der Waals surface area contributed by atoms with Crippen LogP contribution in [0.5, 0.6) is 5.75 Å². The number of hydrogen-bond acceptors (Lipinski definition) is 5. The molecular formula is C18H17NO3S2. The Labute approximate surface area is 148 Å². The number of carbonyl (C=O) groups excluding carboxylic acids is 1. The molecule has 3 rings (SSSR count). The van der Waals surface area contributed by atoms with Crippen LogP contribution in [0.25, 0.3) is 0 Å². The third-order valence-electron chi connectivity index (χ3n) is 3.52. The Hall–Kier alpha value is -2.15. The molecule has 0 aliphatic heterocycles. The van der Waals surface area contributed by atoms with E-state index in [2.05, 4.69) is 5.32 Å². The number of aliphatic hydroxyl groups excluding tert-OH is 1. The van der Waals surface area contributed by atoms with Gasteiger partial charge in [-0.3, -0.25) is 4.79 Å². The summed E-state index contributed by atoms with van der Waals surface area (Å²) < 4.78 is 5.13.